The predicted octanol–water partition coefficient (Wildman–Crippen LogP) is 2.13. The molecular formula is C14H20N4OS. The molecule has 1 unspecified atom stereocenters. The van der Waals surface area contributed by atoms with Crippen LogP contribution in [0, 0.1) is 12.8 Å². The van der Waals surface area contributed by atoms with E-state index < -0.39 is 10.8 Å². The Morgan fingerprint density at radius 1 is 1.40 bits per heavy atom. The van der Waals surface area contributed by atoms with E-state index >= 15 is 0 Å². The molecule has 1 aromatic heterocycles. The number of hydrogen-bond donors (Lipinski definition) is 1. The van der Waals surface area contributed by atoms with Gasteiger partial charge in [0, 0.05) is 6.54 Å². The van der Waals surface area contributed by atoms with Gasteiger partial charge in [0.05, 0.1) is 27.1 Å². The highest BCUT2D eigenvalue weighted by Crippen LogP contribution is 2.22. The van der Waals surface area contributed by atoms with E-state index in [4.69, 9.17) is 5.73 Å². The van der Waals surface area contributed by atoms with Gasteiger partial charge in [0.2, 0.25) is 0 Å². The number of benzene rings is 1. The molecule has 0 amide bonds. The third-order valence-electron chi connectivity index (χ3n) is 3.02. The fourth-order valence-corrected chi connectivity index (χ4v) is 3.20. The molecule has 2 rings (SSSR count). The highest BCUT2D eigenvalue weighted by atomic mass is 32.2. The SMILES string of the molecule is Cc1cccc(S(=O)Cc2ncnn2CC(C)C)c1N. The summed E-state index contributed by atoms with van der Waals surface area (Å²) in [7, 11) is -1.21. The molecule has 108 valence electrons. The van der Waals surface area contributed by atoms with Crippen molar-refractivity contribution in [2.75, 3.05) is 5.73 Å². The van der Waals surface area contributed by atoms with E-state index in [2.05, 4.69) is 23.9 Å². The monoisotopic (exact) mass is 292 g/mol. The number of aryl methyl sites for hydroxylation is 1. The van der Waals surface area contributed by atoms with E-state index in [1.54, 1.807) is 0 Å². The minimum Gasteiger partial charge on any atom is -0.398 e. The minimum absolute atomic E-state index is 0.334. The Morgan fingerprint density at radius 3 is 2.85 bits per heavy atom. The molecule has 1 atom stereocenters. The van der Waals surface area contributed by atoms with E-state index in [0.717, 1.165) is 17.9 Å². The fourth-order valence-electron chi connectivity index (χ4n) is 1.95. The number of nitrogen functional groups attached to an aromatic ring is 1. The van der Waals surface area contributed by atoms with Crippen molar-refractivity contribution in [2.45, 2.75) is 38.0 Å². The van der Waals surface area contributed by atoms with Crippen LogP contribution in [-0.4, -0.2) is 19.0 Å². The first-order valence-electron chi connectivity index (χ1n) is 6.59. The van der Waals surface area contributed by atoms with Gasteiger partial charge in [-0.25, -0.2) is 9.67 Å². The molecule has 0 saturated carbocycles. The standard InChI is InChI=1S/C14H20N4OS/c1-10(2)7-18-13(16-9-17-18)8-20(19)12-6-4-5-11(3)14(12)15/h4-6,9-10H,7-8,15H2,1-3H3. The Morgan fingerprint density at radius 2 is 2.15 bits per heavy atom. The Bertz CT molecular complexity index is 621. The molecule has 0 fully saturated rings. The molecule has 1 heterocycles. The molecule has 0 spiro atoms. The quantitative estimate of drug-likeness (QED) is 0.857. The van der Waals surface area contributed by atoms with E-state index in [1.165, 1.54) is 6.33 Å². The third-order valence-corrected chi connectivity index (χ3v) is 4.39. The number of anilines is 1. The topological polar surface area (TPSA) is 73.8 Å². The molecule has 20 heavy (non-hydrogen) atoms. The molecule has 1 aromatic carbocycles. The molecule has 0 aliphatic rings. The maximum atomic E-state index is 12.5. The molecule has 0 aliphatic heterocycles. The molecule has 2 aromatic rings. The van der Waals surface area contributed by atoms with Gasteiger partial charge >= 0.3 is 0 Å². The highest BCUT2D eigenvalue weighted by Gasteiger charge is 2.14. The molecule has 6 heteroatoms. The number of nitrogens with two attached hydrogens (primary N) is 1. The summed E-state index contributed by atoms with van der Waals surface area (Å²) < 4.78 is 14.3. The molecule has 0 bridgehead atoms. The minimum atomic E-state index is -1.21. The van der Waals surface area contributed by atoms with Crippen LogP contribution >= 0.6 is 0 Å². The lowest BCUT2D eigenvalue weighted by Gasteiger charge is -2.10. The largest absolute Gasteiger partial charge is 0.398 e. The summed E-state index contributed by atoms with van der Waals surface area (Å²) in [6.07, 6.45) is 1.51. The molecule has 0 aliphatic carbocycles. The van der Waals surface area contributed by atoms with Crippen molar-refractivity contribution in [3.05, 3.63) is 35.9 Å². The smallest absolute Gasteiger partial charge is 0.139 e. The van der Waals surface area contributed by atoms with Crippen molar-refractivity contribution >= 4 is 16.5 Å². The average molecular weight is 292 g/mol. The van der Waals surface area contributed by atoms with E-state index in [9.17, 15) is 4.21 Å². The third kappa shape index (κ3) is 3.25. The van der Waals surface area contributed by atoms with Crippen LogP contribution in [0.1, 0.15) is 25.2 Å². The average Bonchev–Trinajstić information content (AvgIpc) is 2.79. The predicted molar refractivity (Wildman–Crippen MR) is 80.6 cm³/mol. The Hall–Kier alpha value is -1.69. The van der Waals surface area contributed by atoms with Crippen LogP contribution < -0.4 is 5.73 Å². The summed E-state index contributed by atoms with van der Waals surface area (Å²) in [5.41, 5.74) is 7.54. The van der Waals surface area contributed by atoms with Gasteiger partial charge in [0.15, 0.2) is 0 Å². The number of rotatable bonds is 5. The summed E-state index contributed by atoms with van der Waals surface area (Å²) in [5, 5.41) is 4.18. The van der Waals surface area contributed by atoms with Gasteiger partial charge in [-0.1, -0.05) is 26.0 Å². The van der Waals surface area contributed by atoms with Gasteiger partial charge in [-0.15, -0.1) is 0 Å². The van der Waals surface area contributed by atoms with Gasteiger partial charge in [0.1, 0.15) is 12.2 Å². The molecule has 5 nitrogen and oxygen atoms in total. The van der Waals surface area contributed by atoms with Crippen molar-refractivity contribution in [3.8, 4) is 0 Å². The van der Waals surface area contributed by atoms with Crippen LogP contribution in [0.15, 0.2) is 29.4 Å². The zero-order valence-corrected chi connectivity index (χ0v) is 12.9. The van der Waals surface area contributed by atoms with Crippen LogP contribution in [0.5, 0.6) is 0 Å². The van der Waals surface area contributed by atoms with Crippen molar-refractivity contribution in [2.24, 2.45) is 5.92 Å². The lowest BCUT2D eigenvalue weighted by atomic mass is 10.2. The van der Waals surface area contributed by atoms with E-state index in [0.29, 0.717) is 22.3 Å². The molecule has 2 N–H and O–H groups in total. The fraction of sp³-hybridized carbons (Fsp3) is 0.429. The van der Waals surface area contributed by atoms with Crippen LogP contribution in [0.25, 0.3) is 0 Å². The highest BCUT2D eigenvalue weighted by molar-refractivity contribution is 7.84. The van der Waals surface area contributed by atoms with Crippen molar-refractivity contribution < 1.29 is 4.21 Å². The maximum absolute atomic E-state index is 12.5. The van der Waals surface area contributed by atoms with Crippen LogP contribution in [0.4, 0.5) is 5.69 Å². The normalized spacial score (nSPS) is 12.8. The lowest BCUT2D eigenvalue weighted by Crippen LogP contribution is -2.12. The zero-order chi connectivity index (χ0) is 14.7. The summed E-state index contributed by atoms with van der Waals surface area (Å²) in [6, 6.07) is 5.59. The van der Waals surface area contributed by atoms with Crippen LogP contribution in [0.3, 0.4) is 0 Å². The van der Waals surface area contributed by atoms with Gasteiger partial charge in [0.25, 0.3) is 0 Å². The van der Waals surface area contributed by atoms with Crippen molar-refractivity contribution in [1.82, 2.24) is 14.8 Å². The zero-order valence-electron chi connectivity index (χ0n) is 12.0. The molecule has 0 radical (unpaired) electrons. The van der Waals surface area contributed by atoms with Crippen molar-refractivity contribution in [1.29, 1.82) is 0 Å². The first-order chi connectivity index (χ1) is 9.49. The van der Waals surface area contributed by atoms with E-state index in [-0.39, 0.29) is 0 Å². The first-order valence-corrected chi connectivity index (χ1v) is 7.91. The van der Waals surface area contributed by atoms with Gasteiger partial charge in [-0.3, -0.25) is 4.21 Å². The first kappa shape index (κ1) is 14.7. The van der Waals surface area contributed by atoms with Gasteiger partial charge in [-0.2, -0.15) is 5.10 Å². The Labute approximate surface area is 121 Å². The van der Waals surface area contributed by atoms with Crippen molar-refractivity contribution in [3.63, 3.8) is 0 Å². The number of para-hydroxylation sites is 1. The van der Waals surface area contributed by atoms with Crippen LogP contribution in [0.2, 0.25) is 0 Å². The second kappa shape index (κ2) is 6.17. The van der Waals surface area contributed by atoms with Crippen LogP contribution in [-0.2, 0) is 23.1 Å². The number of aromatic nitrogens is 3. The Kier molecular flexibility index (Phi) is 4.54. The summed E-state index contributed by atoms with van der Waals surface area (Å²) in [5.74, 6) is 1.53. The molecular weight excluding hydrogens is 272 g/mol. The number of hydrogen-bond acceptors (Lipinski definition) is 4. The molecule has 0 saturated heterocycles. The summed E-state index contributed by atoms with van der Waals surface area (Å²) in [6.45, 7) is 6.91. The van der Waals surface area contributed by atoms with E-state index in [1.807, 2.05) is 29.8 Å². The summed E-state index contributed by atoms with van der Waals surface area (Å²) >= 11 is 0. The maximum Gasteiger partial charge on any atom is 0.139 e. The Balaban J connectivity index is 2.20. The lowest BCUT2D eigenvalue weighted by molar-refractivity contribution is 0.471. The number of nitrogens with zero attached hydrogens (tertiary/aromatic N) is 3. The second-order valence-electron chi connectivity index (χ2n) is 5.23. The summed E-state index contributed by atoms with van der Waals surface area (Å²) in [4.78, 5) is 4.88. The van der Waals surface area contributed by atoms with Gasteiger partial charge in [-0.05, 0) is 24.5 Å². The second-order valence-corrected chi connectivity index (χ2v) is 6.65. The van der Waals surface area contributed by atoms with Gasteiger partial charge < -0.3 is 5.73 Å².